The number of hydrogen-bond donors (Lipinski definition) is 1. The standard InChI is InChI=1S/C22H19NO5/c1-2-27-19(24)12-13-20(25)28-22(15-8-4-3-5-9-15)21(26)17-14-23-18-11-7-6-10-16(17)18/h3-14,22-23H,2H2,1H3/b13-12+/t22-/m1/s1. The highest BCUT2D eigenvalue weighted by atomic mass is 16.5. The van der Waals surface area contributed by atoms with E-state index < -0.39 is 18.0 Å². The number of hydrogen-bond acceptors (Lipinski definition) is 5. The van der Waals surface area contributed by atoms with Gasteiger partial charge in [-0.05, 0) is 13.0 Å². The van der Waals surface area contributed by atoms with Crippen molar-refractivity contribution in [3.63, 3.8) is 0 Å². The monoisotopic (exact) mass is 377 g/mol. The van der Waals surface area contributed by atoms with Gasteiger partial charge in [0.2, 0.25) is 5.78 Å². The number of carbonyl (C=O) groups excluding carboxylic acids is 3. The molecule has 0 aliphatic heterocycles. The number of ether oxygens (including phenoxy) is 2. The van der Waals surface area contributed by atoms with E-state index in [1.807, 2.05) is 24.3 Å². The van der Waals surface area contributed by atoms with Gasteiger partial charge in [-0.15, -0.1) is 0 Å². The summed E-state index contributed by atoms with van der Waals surface area (Å²) in [7, 11) is 0. The van der Waals surface area contributed by atoms with E-state index in [0.717, 1.165) is 23.1 Å². The number of aromatic amines is 1. The van der Waals surface area contributed by atoms with E-state index in [1.165, 1.54) is 0 Å². The van der Waals surface area contributed by atoms with Crippen LogP contribution in [0.2, 0.25) is 0 Å². The number of fused-ring (bicyclic) bond motifs is 1. The molecule has 0 unspecified atom stereocenters. The Labute approximate surface area is 161 Å². The van der Waals surface area contributed by atoms with Gasteiger partial charge in [-0.2, -0.15) is 0 Å². The fourth-order valence-corrected chi connectivity index (χ4v) is 2.80. The fourth-order valence-electron chi connectivity index (χ4n) is 2.80. The molecule has 3 aromatic rings. The number of H-pyrrole nitrogens is 1. The maximum Gasteiger partial charge on any atom is 0.332 e. The molecule has 0 radical (unpaired) electrons. The zero-order valence-electron chi connectivity index (χ0n) is 15.3. The summed E-state index contributed by atoms with van der Waals surface area (Å²) in [4.78, 5) is 39.8. The van der Waals surface area contributed by atoms with Crippen LogP contribution in [-0.4, -0.2) is 29.3 Å². The molecule has 0 saturated heterocycles. The lowest BCUT2D eigenvalue weighted by atomic mass is 9.99. The summed E-state index contributed by atoms with van der Waals surface area (Å²) in [6.45, 7) is 1.86. The second-order valence-corrected chi connectivity index (χ2v) is 5.93. The van der Waals surface area contributed by atoms with E-state index >= 15 is 0 Å². The van der Waals surface area contributed by atoms with Gasteiger partial charge < -0.3 is 14.5 Å². The molecule has 3 rings (SSSR count). The minimum atomic E-state index is -1.14. The lowest BCUT2D eigenvalue weighted by molar-refractivity contribution is -0.142. The third-order valence-corrected chi connectivity index (χ3v) is 4.07. The Morgan fingerprint density at radius 2 is 1.64 bits per heavy atom. The number of carbonyl (C=O) groups is 3. The van der Waals surface area contributed by atoms with Crippen LogP contribution in [0.1, 0.15) is 28.9 Å². The molecule has 1 heterocycles. The van der Waals surface area contributed by atoms with Crippen molar-refractivity contribution < 1.29 is 23.9 Å². The van der Waals surface area contributed by atoms with Crippen LogP contribution >= 0.6 is 0 Å². The lowest BCUT2D eigenvalue weighted by Crippen LogP contribution is -2.19. The highest BCUT2D eigenvalue weighted by Crippen LogP contribution is 2.27. The summed E-state index contributed by atoms with van der Waals surface area (Å²) < 4.78 is 10.1. The number of rotatable bonds is 7. The Hall–Kier alpha value is -3.67. The molecule has 28 heavy (non-hydrogen) atoms. The van der Waals surface area contributed by atoms with E-state index in [9.17, 15) is 14.4 Å². The number of aromatic nitrogens is 1. The Bertz CT molecular complexity index is 1020. The molecule has 0 spiro atoms. The molecular formula is C22H19NO5. The minimum absolute atomic E-state index is 0.198. The quantitative estimate of drug-likeness (QED) is 0.385. The van der Waals surface area contributed by atoms with Gasteiger partial charge in [0.25, 0.3) is 0 Å². The van der Waals surface area contributed by atoms with Crippen LogP contribution in [0.4, 0.5) is 0 Å². The maximum atomic E-state index is 13.2. The van der Waals surface area contributed by atoms with Crippen molar-refractivity contribution >= 4 is 28.6 Å². The smallest absolute Gasteiger partial charge is 0.332 e. The number of esters is 2. The molecule has 0 amide bonds. The molecule has 1 N–H and O–H groups in total. The van der Waals surface area contributed by atoms with Gasteiger partial charge in [0.15, 0.2) is 6.10 Å². The second kappa shape index (κ2) is 8.81. The normalized spacial score (nSPS) is 12.0. The first-order valence-electron chi connectivity index (χ1n) is 8.81. The molecular weight excluding hydrogens is 358 g/mol. The molecule has 1 aromatic heterocycles. The zero-order chi connectivity index (χ0) is 19.9. The summed E-state index contributed by atoms with van der Waals surface area (Å²) in [5.74, 6) is -1.82. The average Bonchev–Trinajstić information content (AvgIpc) is 3.15. The maximum absolute atomic E-state index is 13.2. The average molecular weight is 377 g/mol. The van der Waals surface area contributed by atoms with E-state index in [1.54, 1.807) is 43.5 Å². The summed E-state index contributed by atoms with van der Waals surface area (Å²) in [6.07, 6.45) is 2.39. The number of Topliss-reactive ketones (excluding diaryl/α,β-unsaturated/α-hetero) is 1. The van der Waals surface area contributed by atoms with Gasteiger partial charge in [-0.25, -0.2) is 9.59 Å². The number of ketones is 1. The van der Waals surface area contributed by atoms with Crippen LogP contribution in [0.25, 0.3) is 10.9 Å². The highest BCUT2D eigenvalue weighted by Gasteiger charge is 2.27. The SMILES string of the molecule is CCOC(=O)/C=C/C(=O)O[C@@H](C(=O)c1c[nH]c2ccccc12)c1ccccc1. The summed E-state index contributed by atoms with van der Waals surface area (Å²) in [6, 6.07) is 16.1. The predicted octanol–water partition coefficient (Wildman–Crippen LogP) is 3.75. The van der Waals surface area contributed by atoms with Gasteiger partial charge in [0.1, 0.15) is 0 Å². The zero-order valence-corrected chi connectivity index (χ0v) is 15.3. The molecule has 6 nitrogen and oxygen atoms in total. The summed E-state index contributed by atoms with van der Waals surface area (Å²) in [5, 5.41) is 0.742. The van der Waals surface area contributed by atoms with Gasteiger partial charge >= 0.3 is 11.9 Å². The Kier molecular flexibility index (Phi) is 6.01. The summed E-state index contributed by atoms with van der Waals surface area (Å²) >= 11 is 0. The van der Waals surface area contributed by atoms with Gasteiger partial charge in [0.05, 0.1) is 6.61 Å². The third-order valence-electron chi connectivity index (χ3n) is 4.07. The summed E-state index contributed by atoms with van der Waals surface area (Å²) in [5.41, 5.74) is 1.77. The van der Waals surface area contributed by atoms with Crippen molar-refractivity contribution in [3.05, 3.63) is 84.1 Å². The van der Waals surface area contributed by atoms with Crippen LogP contribution in [-0.2, 0) is 19.1 Å². The van der Waals surface area contributed by atoms with Crippen molar-refractivity contribution in [2.24, 2.45) is 0 Å². The molecule has 2 aromatic carbocycles. The van der Waals surface area contributed by atoms with Gasteiger partial charge in [-0.3, -0.25) is 4.79 Å². The van der Waals surface area contributed by atoms with E-state index in [2.05, 4.69) is 4.98 Å². The van der Waals surface area contributed by atoms with Crippen LogP contribution in [0.15, 0.2) is 72.9 Å². The number of para-hydroxylation sites is 1. The first kappa shape index (κ1) is 19.1. The van der Waals surface area contributed by atoms with Gasteiger partial charge in [-0.1, -0.05) is 48.5 Å². The topological polar surface area (TPSA) is 85.5 Å². The van der Waals surface area contributed by atoms with Crippen molar-refractivity contribution in [2.45, 2.75) is 13.0 Å². The number of nitrogens with one attached hydrogen (secondary N) is 1. The molecule has 0 bridgehead atoms. The molecule has 1 atom stereocenters. The predicted molar refractivity (Wildman–Crippen MR) is 104 cm³/mol. The molecule has 6 heteroatoms. The molecule has 142 valence electrons. The largest absolute Gasteiger partial charge is 0.463 e. The molecule has 0 saturated carbocycles. The third kappa shape index (κ3) is 4.35. The lowest BCUT2D eigenvalue weighted by Gasteiger charge is -2.16. The number of benzene rings is 2. The van der Waals surface area contributed by atoms with Crippen molar-refractivity contribution in [2.75, 3.05) is 6.61 Å². The van der Waals surface area contributed by atoms with E-state index in [-0.39, 0.29) is 12.4 Å². The molecule has 0 fully saturated rings. The van der Waals surface area contributed by atoms with Crippen LogP contribution in [0.5, 0.6) is 0 Å². The van der Waals surface area contributed by atoms with E-state index in [4.69, 9.17) is 9.47 Å². The van der Waals surface area contributed by atoms with Crippen molar-refractivity contribution in [1.29, 1.82) is 0 Å². The molecule has 0 aliphatic carbocycles. The van der Waals surface area contributed by atoms with Gasteiger partial charge in [0, 0.05) is 40.4 Å². The fraction of sp³-hybridized carbons (Fsp3) is 0.136. The van der Waals surface area contributed by atoms with Crippen molar-refractivity contribution in [1.82, 2.24) is 4.98 Å². The minimum Gasteiger partial charge on any atom is -0.463 e. The van der Waals surface area contributed by atoms with Crippen LogP contribution < -0.4 is 0 Å². The first-order chi connectivity index (χ1) is 13.6. The van der Waals surface area contributed by atoms with Crippen LogP contribution in [0, 0.1) is 0 Å². The Morgan fingerprint density at radius 1 is 0.964 bits per heavy atom. The Morgan fingerprint density at radius 3 is 2.39 bits per heavy atom. The van der Waals surface area contributed by atoms with E-state index in [0.29, 0.717) is 11.1 Å². The Balaban J connectivity index is 1.88. The highest BCUT2D eigenvalue weighted by molar-refractivity contribution is 6.10. The molecule has 0 aliphatic rings. The first-order valence-corrected chi connectivity index (χ1v) is 8.81. The van der Waals surface area contributed by atoms with Crippen molar-refractivity contribution in [3.8, 4) is 0 Å². The van der Waals surface area contributed by atoms with Crippen LogP contribution in [0.3, 0.4) is 0 Å². The second-order valence-electron chi connectivity index (χ2n) is 5.93.